The molecular formula is C28H36BrNO6. The number of allylic oxidation sites excluding steroid dienone is 1. The van der Waals surface area contributed by atoms with E-state index in [-0.39, 0.29) is 43.2 Å². The molecule has 0 spiro atoms. The highest BCUT2D eigenvalue weighted by Crippen LogP contribution is 2.47. The fourth-order valence-corrected chi connectivity index (χ4v) is 6.71. The molecule has 0 aromatic heterocycles. The van der Waals surface area contributed by atoms with Crippen molar-refractivity contribution in [1.29, 1.82) is 0 Å². The second-order valence-corrected chi connectivity index (χ2v) is 11.3. The van der Waals surface area contributed by atoms with Crippen LogP contribution in [0.4, 0.5) is 0 Å². The van der Waals surface area contributed by atoms with Gasteiger partial charge in [0.15, 0.2) is 0 Å². The molecule has 1 aliphatic heterocycles. The number of phenols is 1. The molecule has 2 fully saturated rings. The topological polar surface area (TPSA) is 118 Å². The zero-order valence-corrected chi connectivity index (χ0v) is 22.3. The number of aromatic hydroxyl groups is 1. The van der Waals surface area contributed by atoms with Crippen molar-refractivity contribution in [3.05, 3.63) is 45.0 Å². The zero-order chi connectivity index (χ0) is 26.0. The van der Waals surface area contributed by atoms with Crippen LogP contribution in [0.5, 0.6) is 5.75 Å². The van der Waals surface area contributed by atoms with Gasteiger partial charge in [0.1, 0.15) is 5.75 Å². The molecule has 36 heavy (non-hydrogen) atoms. The first-order valence-electron chi connectivity index (χ1n) is 12.9. The zero-order valence-electron chi connectivity index (χ0n) is 20.7. The Kier molecular flexibility index (Phi) is 8.71. The van der Waals surface area contributed by atoms with E-state index in [1.807, 2.05) is 19.1 Å². The van der Waals surface area contributed by atoms with Crippen LogP contribution in [0.15, 0.2) is 39.4 Å². The van der Waals surface area contributed by atoms with Crippen molar-refractivity contribution in [3.63, 3.8) is 0 Å². The summed E-state index contributed by atoms with van der Waals surface area (Å²) in [6.45, 7) is 1.23. The largest absolute Gasteiger partial charge is 0.507 e. The van der Waals surface area contributed by atoms with Gasteiger partial charge in [-0.05, 0) is 68.4 Å². The van der Waals surface area contributed by atoms with E-state index >= 15 is 0 Å². The van der Waals surface area contributed by atoms with Crippen molar-refractivity contribution in [3.8, 4) is 5.75 Å². The molecule has 4 N–H and O–H groups in total. The normalized spacial score (nSPS) is 26.5. The Labute approximate surface area is 220 Å². The molecule has 7 nitrogen and oxygen atoms in total. The van der Waals surface area contributed by atoms with Crippen molar-refractivity contribution in [2.24, 2.45) is 17.8 Å². The van der Waals surface area contributed by atoms with Crippen molar-refractivity contribution in [2.45, 2.75) is 70.4 Å². The second kappa shape index (κ2) is 11.6. The van der Waals surface area contributed by atoms with Crippen molar-refractivity contribution in [1.82, 2.24) is 4.90 Å². The molecule has 1 aromatic rings. The van der Waals surface area contributed by atoms with E-state index in [9.17, 15) is 30.0 Å². The summed E-state index contributed by atoms with van der Waals surface area (Å²) >= 11 is 3.40. The summed E-state index contributed by atoms with van der Waals surface area (Å²) in [6, 6.07) is 5.09. The van der Waals surface area contributed by atoms with E-state index in [0.717, 1.165) is 42.1 Å². The lowest BCUT2D eigenvalue weighted by Gasteiger charge is -2.36. The molecular weight excluding hydrogens is 526 g/mol. The van der Waals surface area contributed by atoms with Gasteiger partial charge in [0.2, 0.25) is 11.8 Å². The summed E-state index contributed by atoms with van der Waals surface area (Å²) in [5.41, 5.74) is 2.67. The highest BCUT2D eigenvalue weighted by atomic mass is 79.9. The Morgan fingerprint density at radius 1 is 1.17 bits per heavy atom. The lowest BCUT2D eigenvalue weighted by atomic mass is 9.68. The van der Waals surface area contributed by atoms with Gasteiger partial charge in [-0.1, -0.05) is 46.8 Å². The number of imide groups is 1. The number of aliphatic hydroxyl groups excluding tert-OH is 3. The van der Waals surface area contributed by atoms with Crippen LogP contribution in [0.1, 0.15) is 63.9 Å². The number of halogens is 1. The average molecular weight is 563 g/mol. The maximum Gasteiger partial charge on any atom is 0.234 e. The monoisotopic (exact) mass is 561 g/mol. The minimum Gasteiger partial charge on any atom is -0.507 e. The summed E-state index contributed by atoms with van der Waals surface area (Å²) in [7, 11) is 0. The number of hydrogen-bond acceptors (Lipinski definition) is 6. The van der Waals surface area contributed by atoms with Gasteiger partial charge in [0.05, 0.1) is 31.2 Å². The molecule has 196 valence electrons. The molecule has 0 radical (unpaired) electrons. The third-order valence-electron chi connectivity index (χ3n) is 8.11. The number of carbonyl (C=O) groups is 2. The smallest absolute Gasteiger partial charge is 0.234 e. The fourth-order valence-electron chi connectivity index (χ4n) is 6.33. The van der Waals surface area contributed by atoms with Gasteiger partial charge in [-0.25, -0.2) is 0 Å². The van der Waals surface area contributed by atoms with Crippen LogP contribution in [0.2, 0.25) is 0 Å². The van der Waals surface area contributed by atoms with Crippen molar-refractivity contribution in [2.75, 3.05) is 13.2 Å². The highest BCUT2D eigenvalue weighted by molar-refractivity contribution is 9.10. The summed E-state index contributed by atoms with van der Waals surface area (Å²) < 4.78 is 0.845. The van der Waals surface area contributed by atoms with Crippen molar-refractivity contribution < 1.29 is 30.0 Å². The van der Waals surface area contributed by atoms with Crippen LogP contribution < -0.4 is 0 Å². The molecule has 2 amide bonds. The number of likely N-dealkylation sites (tertiary alicyclic amines) is 1. The van der Waals surface area contributed by atoms with Crippen LogP contribution in [0.3, 0.4) is 0 Å². The summed E-state index contributed by atoms with van der Waals surface area (Å²) in [5.74, 6) is -2.24. The third kappa shape index (κ3) is 5.32. The van der Waals surface area contributed by atoms with Crippen LogP contribution in [0, 0.1) is 17.8 Å². The number of phenolic OH excluding ortho intramolecular Hbond substituents is 1. The molecule has 1 heterocycles. The quantitative estimate of drug-likeness (QED) is 0.282. The van der Waals surface area contributed by atoms with Gasteiger partial charge >= 0.3 is 0 Å². The van der Waals surface area contributed by atoms with E-state index < -0.39 is 23.9 Å². The second-order valence-electron chi connectivity index (χ2n) is 10.4. The first-order valence-corrected chi connectivity index (χ1v) is 13.7. The Balaban J connectivity index is 1.53. The number of aliphatic hydroxyl groups is 3. The molecule has 1 saturated carbocycles. The van der Waals surface area contributed by atoms with Crippen molar-refractivity contribution >= 4 is 33.8 Å². The Morgan fingerprint density at radius 3 is 2.56 bits per heavy atom. The van der Waals surface area contributed by atoms with Gasteiger partial charge in [-0.3, -0.25) is 14.5 Å². The lowest BCUT2D eigenvalue weighted by molar-refractivity contribution is -0.143. The maximum absolute atomic E-state index is 13.5. The third-order valence-corrected chi connectivity index (χ3v) is 8.60. The maximum atomic E-state index is 13.5. The predicted octanol–water partition coefficient (Wildman–Crippen LogP) is 3.93. The minimum absolute atomic E-state index is 0.0862. The number of amides is 2. The molecule has 0 bridgehead atoms. The molecule has 4 atom stereocenters. The van der Waals surface area contributed by atoms with Gasteiger partial charge in [-0.2, -0.15) is 0 Å². The fraction of sp³-hybridized carbons (Fsp3) is 0.571. The predicted molar refractivity (Wildman–Crippen MR) is 140 cm³/mol. The van der Waals surface area contributed by atoms with E-state index in [1.165, 1.54) is 4.90 Å². The van der Waals surface area contributed by atoms with Crippen LogP contribution in [0.25, 0.3) is 6.08 Å². The molecule has 4 rings (SSSR count). The average Bonchev–Trinajstić information content (AvgIpc) is 3.13. The Hall–Kier alpha value is -2.00. The van der Waals surface area contributed by atoms with Crippen LogP contribution in [-0.4, -0.2) is 62.5 Å². The summed E-state index contributed by atoms with van der Waals surface area (Å²) in [4.78, 5) is 28.3. The van der Waals surface area contributed by atoms with Crippen LogP contribution in [-0.2, 0) is 9.59 Å². The number of hydrogen-bond donors (Lipinski definition) is 4. The summed E-state index contributed by atoms with van der Waals surface area (Å²) in [5, 5.41) is 41.8. The molecule has 0 unspecified atom stereocenters. The van der Waals surface area contributed by atoms with Crippen LogP contribution >= 0.6 is 15.9 Å². The first-order chi connectivity index (χ1) is 17.3. The lowest BCUT2D eigenvalue weighted by Crippen LogP contribution is -2.42. The highest BCUT2D eigenvalue weighted by Gasteiger charge is 2.56. The minimum atomic E-state index is -0.962. The molecule has 1 saturated heterocycles. The van der Waals surface area contributed by atoms with Gasteiger partial charge in [-0.15, -0.1) is 0 Å². The van der Waals surface area contributed by atoms with Gasteiger partial charge in [0, 0.05) is 22.0 Å². The van der Waals surface area contributed by atoms with Gasteiger partial charge in [0.25, 0.3) is 0 Å². The van der Waals surface area contributed by atoms with E-state index in [2.05, 4.69) is 15.9 Å². The number of rotatable bonds is 8. The molecule has 3 aliphatic rings. The Bertz CT molecular complexity index is 1060. The van der Waals surface area contributed by atoms with Gasteiger partial charge < -0.3 is 20.4 Å². The molecule has 8 heteroatoms. The summed E-state index contributed by atoms with van der Waals surface area (Å²) in [6.07, 6.45) is 6.71. The number of fused-ring (bicyclic) bond motifs is 1. The van der Waals surface area contributed by atoms with E-state index in [1.54, 1.807) is 12.1 Å². The number of benzene rings is 1. The first kappa shape index (κ1) is 27.0. The van der Waals surface area contributed by atoms with E-state index in [0.29, 0.717) is 29.6 Å². The van der Waals surface area contributed by atoms with E-state index in [4.69, 9.17) is 0 Å². The standard InChI is InChI=1S/C28H36BrNO6/c1-16(11-17-12-19(29)8-10-23(17)33)7-9-24(34)25-18(14-31)13-21-26(22(25)15-32)28(36)30(27(21)35)20-5-3-2-4-6-20/h8,10-12,20-22,24,26,31-34H,2-7,9,13-15H2,1H3/b16-11+/t21-,22+,24-,26-/m1/s1. The SMILES string of the molecule is C/C(=C\c1cc(Br)ccc1O)CC[C@@H](O)C1=C(CO)C[C@H]2C(=O)N(C3CCCCC3)C(=O)[C@H]2[C@H]1CO. The number of carbonyl (C=O) groups excluding carboxylic acids is 2. The number of nitrogens with zero attached hydrogens (tertiary/aromatic N) is 1. The Morgan fingerprint density at radius 2 is 1.89 bits per heavy atom. The molecule has 1 aromatic carbocycles. The molecule has 2 aliphatic carbocycles.